The van der Waals surface area contributed by atoms with E-state index in [1.165, 1.54) is 40.8 Å². The number of furan rings is 1. The number of para-hydroxylation sites is 1. The number of β-amino-alcohol motifs (C(OH)–C–C–N with tert-alkyl or cyclic N) is 1. The summed E-state index contributed by atoms with van der Waals surface area (Å²) in [6, 6.07) is 20.1. The first-order valence-corrected chi connectivity index (χ1v) is 18.3. The third kappa shape index (κ3) is 8.64. The van der Waals surface area contributed by atoms with Gasteiger partial charge in [0, 0.05) is 73.1 Å². The zero-order valence-corrected chi connectivity index (χ0v) is 30.0. The predicted molar refractivity (Wildman–Crippen MR) is 195 cm³/mol. The summed E-state index contributed by atoms with van der Waals surface area (Å²) >= 11 is 1.31. The Kier molecular flexibility index (Phi) is 11.6. The lowest BCUT2D eigenvalue weighted by atomic mass is 9.86. The van der Waals surface area contributed by atoms with Gasteiger partial charge in [-0.25, -0.2) is 23.5 Å². The van der Waals surface area contributed by atoms with E-state index < -0.39 is 29.6 Å². The number of hydrogen-bond acceptors (Lipinski definition) is 12. The zero-order valence-electron chi connectivity index (χ0n) is 29.2. The van der Waals surface area contributed by atoms with Gasteiger partial charge in [-0.3, -0.25) is 14.5 Å². The molecular formula is C39H37F2N7O5S. The van der Waals surface area contributed by atoms with Gasteiger partial charge in [0.25, 0.3) is 0 Å². The Labute approximate surface area is 313 Å². The first-order valence-electron chi connectivity index (χ1n) is 17.5. The van der Waals surface area contributed by atoms with Crippen LogP contribution in [0.3, 0.4) is 0 Å². The van der Waals surface area contributed by atoms with Gasteiger partial charge in [-0.1, -0.05) is 36.4 Å². The topological polar surface area (TPSA) is 143 Å². The number of carbonyl (C=O) groups is 1. The second kappa shape index (κ2) is 17.1. The van der Waals surface area contributed by atoms with Crippen molar-refractivity contribution in [2.45, 2.75) is 31.5 Å². The summed E-state index contributed by atoms with van der Waals surface area (Å²) in [5.41, 5.74) is 3.68. The standard InChI is InChI=1S/C39H37F2N7O5S/c40-28-9-10-29(34(41)17-28)31(20-48-25-43-24-44-48)33(38-45-35(23-54-38)27-7-5-26(18-42)6-8-27)21-51-39(50)52-22-37-32(30-3-1-2-4-36(30)53-37)19-47-13-11-46(12-14-47)15-16-49/h1-10,17,23-25,31,33,49H,11-16,19-22H2/t31-,33-/m0/s1. The highest BCUT2D eigenvalue weighted by Gasteiger charge is 2.32. The van der Waals surface area contributed by atoms with E-state index in [1.54, 1.807) is 24.3 Å². The molecule has 7 rings (SSSR count). The second-order valence-corrected chi connectivity index (χ2v) is 13.8. The van der Waals surface area contributed by atoms with Crippen molar-refractivity contribution >= 4 is 28.5 Å². The Morgan fingerprint density at radius 1 is 1.02 bits per heavy atom. The van der Waals surface area contributed by atoms with E-state index in [-0.39, 0.29) is 31.9 Å². The number of carbonyl (C=O) groups excluding carboxylic acids is 1. The fourth-order valence-corrected chi connectivity index (χ4v) is 7.72. The van der Waals surface area contributed by atoms with Crippen LogP contribution in [0, 0.1) is 23.0 Å². The average molecular weight is 754 g/mol. The number of halogens is 2. The number of rotatable bonds is 14. The van der Waals surface area contributed by atoms with Crippen LogP contribution in [0.2, 0.25) is 0 Å². The van der Waals surface area contributed by atoms with E-state index in [2.05, 4.69) is 26.0 Å². The van der Waals surface area contributed by atoms with Gasteiger partial charge in [0.05, 0.1) is 36.4 Å². The van der Waals surface area contributed by atoms with E-state index in [0.29, 0.717) is 40.7 Å². The second-order valence-electron chi connectivity index (χ2n) is 12.9. The number of benzene rings is 3. The summed E-state index contributed by atoms with van der Waals surface area (Å²) < 4.78 is 48.7. The highest BCUT2D eigenvalue weighted by molar-refractivity contribution is 7.10. The quantitative estimate of drug-likeness (QED) is 0.125. The minimum Gasteiger partial charge on any atom is -0.457 e. The Bertz CT molecular complexity index is 2210. The lowest BCUT2D eigenvalue weighted by Gasteiger charge is -2.34. The normalized spacial score (nSPS) is 14.9. The Hall–Kier alpha value is -5.53. The minimum absolute atomic E-state index is 0.119. The molecule has 0 bridgehead atoms. The first kappa shape index (κ1) is 36.8. The number of fused-ring (bicyclic) bond motifs is 1. The molecule has 1 saturated heterocycles. The summed E-state index contributed by atoms with van der Waals surface area (Å²) in [6.07, 6.45) is 1.90. The van der Waals surface area contributed by atoms with Crippen molar-refractivity contribution in [2.24, 2.45) is 0 Å². The lowest BCUT2D eigenvalue weighted by Crippen LogP contribution is -2.46. The molecule has 2 atom stereocenters. The summed E-state index contributed by atoms with van der Waals surface area (Å²) in [5, 5.41) is 26.1. The van der Waals surface area contributed by atoms with Crippen LogP contribution in [-0.2, 0) is 29.2 Å². The third-order valence-electron chi connectivity index (χ3n) is 9.59. The predicted octanol–water partition coefficient (Wildman–Crippen LogP) is 6.33. The van der Waals surface area contributed by atoms with Gasteiger partial charge in [0.1, 0.15) is 47.2 Å². The van der Waals surface area contributed by atoms with E-state index in [9.17, 15) is 19.6 Å². The van der Waals surface area contributed by atoms with Gasteiger partial charge >= 0.3 is 6.16 Å². The van der Waals surface area contributed by atoms with Gasteiger partial charge in [0.2, 0.25) is 0 Å². The fraction of sp³-hybridized carbons (Fsp3) is 0.308. The van der Waals surface area contributed by atoms with Crippen LogP contribution in [0.1, 0.15) is 39.3 Å². The van der Waals surface area contributed by atoms with E-state index in [0.717, 1.165) is 48.8 Å². The van der Waals surface area contributed by atoms with Gasteiger partial charge in [-0.15, -0.1) is 11.3 Å². The van der Waals surface area contributed by atoms with Crippen molar-refractivity contribution < 1.29 is 32.6 Å². The number of piperazine rings is 1. The summed E-state index contributed by atoms with van der Waals surface area (Å²) in [6.45, 7) is 4.37. The van der Waals surface area contributed by atoms with Gasteiger partial charge in [0.15, 0.2) is 6.61 Å². The Balaban J connectivity index is 1.12. The molecule has 4 heterocycles. The van der Waals surface area contributed by atoms with Crippen molar-refractivity contribution in [1.29, 1.82) is 5.26 Å². The molecule has 0 aliphatic carbocycles. The van der Waals surface area contributed by atoms with Crippen molar-refractivity contribution in [3.63, 3.8) is 0 Å². The number of aliphatic hydroxyl groups excluding tert-OH is 1. The minimum atomic E-state index is -0.952. The van der Waals surface area contributed by atoms with Crippen LogP contribution < -0.4 is 0 Å². The first-order chi connectivity index (χ1) is 26.4. The summed E-state index contributed by atoms with van der Waals surface area (Å²) in [5.74, 6) is -2.42. The molecule has 278 valence electrons. The molecule has 12 nitrogen and oxygen atoms in total. The maximum Gasteiger partial charge on any atom is 0.508 e. The van der Waals surface area contributed by atoms with Gasteiger partial charge in [-0.05, 0) is 29.8 Å². The van der Waals surface area contributed by atoms with Gasteiger partial charge < -0.3 is 19.0 Å². The molecule has 1 N–H and O–H groups in total. The number of ether oxygens (including phenoxy) is 2. The molecule has 0 saturated carbocycles. The monoisotopic (exact) mass is 753 g/mol. The number of thiazole rings is 1. The molecule has 0 radical (unpaired) electrons. The zero-order chi connectivity index (χ0) is 37.4. The molecule has 3 aromatic carbocycles. The Morgan fingerprint density at radius 2 is 1.81 bits per heavy atom. The van der Waals surface area contributed by atoms with E-state index in [4.69, 9.17) is 18.9 Å². The van der Waals surface area contributed by atoms with Crippen LogP contribution in [0.5, 0.6) is 0 Å². The number of aliphatic hydroxyl groups is 1. The van der Waals surface area contributed by atoms with E-state index in [1.807, 2.05) is 29.6 Å². The largest absolute Gasteiger partial charge is 0.508 e. The van der Waals surface area contributed by atoms with Crippen LogP contribution in [-0.4, -0.2) is 86.7 Å². The SMILES string of the molecule is N#Cc1ccc(-c2csc([C@@H](COC(=O)OCc3oc4ccccc4c3CN3CCN(CCO)CC3)[C@@H](Cn3cncn3)c3ccc(F)cc3F)n2)cc1. The molecule has 0 unspecified atom stereocenters. The van der Waals surface area contributed by atoms with Crippen molar-refractivity contribution in [3.05, 3.63) is 124 Å². The van der Waals surface area contributed by atoms with Gasteiger partial charge in [-0.2, -0.15) is 10.4 Å². The summed E-state index contributed by atoms with van der Waals surface area (Å²) in [4.78, 5) is 26.7. The highest BCUT2D eigenvalue weighted by Crippen LogP contribution is 2.39. The van der Waals surface area contributed by atoms with Crippen molar-refractivity contribution in [3.8, 4) is 17.3 Å². The molecule has 1 fully saturated rings. The highest BCUT2D eigenvalue weighted by atomic mass is 32.1. The maximum absolute atomic E-state index is 15.5. The summed E-state index contributed by atoms with van der Waals surface area (Å²) in [7, 11) is 0. The van der Waals surface area contributed by atoms with Crippen LogP contribution in [0.4, 0.5) is 13.6 Å². The molecule has 0 spiro atoms. The number of nitriles is 1. The molecule has 6 aromatic rings. The van der Waals surface area contributed by atoms with E-state index >= 15 is 4.39 Å². The van der Waals surface area contributed by atoms with Crippen LogP contribution >= 0.6 is 11.3 Å². The molecule has 0 amide bonds. The molecule has 1 aliphatic rings. The smallest absolute Gasteiger partial charge is 0.457 e. The number of aromatic nitrogens is 4. The van der Waals surface area contributed by atoms with Crippen molar-refractivity contribution in [2.75, 3.05) is 45.9 Å². The lowest BCUT2D eigenvalue weighted by molar-refractivity contribution is 0.0387. The van der Waals surface area contributed by atoms with Crippen molar-refractivity contribution in [1.82, 2.24) is 29.5 Å². The maximum atomic E-state index is 15.5. The Morgan fingerprint density at radius 3 is 2.56 bits per heavy atom. The molecule has 54 heavy (non-hydrogen) atoms. The third-order valence-corrected chi connectivity index (χ3v) is 10.6. The molecule has 15 heteroatoms. The number of hydrogen-bond donors (Lipinski definition) is 1. The number of nitrogens with zero attached hydrogens (tertiary/aromatic N) is 7. The fourth-order valence-electron chi connectivity index (χ4n) is 6.74. The van der Waals surface area contributed by atoms with Crippen LogP contribution in [0.25, 0.3) is 22.2 Å². The average Bonchev–Trinajstić information content (AvgIpc) is 3.96. The molecule has 3 aromatic heterocycles. The molecular weight excluding hydrogens is 717 g/mol. The molecule has 1 aliphatic heterocycles. The van der Waals surface area contributed by atoms with Crippen LogP contribution in [0.15, 0.2) is 89.2 Å².